The van der Waals surface area contributed by atoms with Crippen molar-refractivity contribution in [2.75, 3.05) is 0 Å². The van der Waals surface area contributed by atoms with Crippen molar-refractivity contribution < 1.29 is 9.90 Å². The molecule has 0 rings (SSSR count). The Morgan fingerprint density at radius 1 is 1.62 bits per heavy atom. The van der Waals surface area contributed by atoms with Crippen LogP contribution in [0.4, 0.5) is 0 Å². The fraction of sp³-hybridized carbons (Fsp3) is 0.800. The predicted octanol–water partition coefficient (Wildman–Crippen LogP) is 0.880. The lowest BCUT2D eigenvalue weighted by Crippen LogP contribution is -1.91. The molecule has 0 aliphatic carbocycles. The van der Waals surface area contributed by atoms with Crippen LogP contribution in [0.2, 0.25) is 0 Å². The van der Waals surface area contributed by atoms with Gasteiger partial charge in [-0.05, 0) is 6.42 Å². The first-order chi connectivity index (χ1) is 3.27. The molecular weight excluding hydrogens is 116 g/mol. The topological polar surface area (TPSA) is 37.3 Å². The van der Waals surface area contributed by atoms with Crippen LogP contribution in [-0.2, 0) is 4.79 Å². The Morgan fingerprint density at radius 3 is 2.25 bits per heavy atom. The summed E-state index contributed by atoms with van der Waals surface area (Å²) in [6.07, 6.45) is 2.08. The Bertz CT molecular complexity index is 63.4. The Balaban J connectivity index is 0. The summed E-state index contributed by atoms with van der Waals surface area (Å²) in [6, 6.07) is 0. The van der Waals surface area contributed by atoms with Crippen LogP contribution in [0.25, 0.3) is 0 Å². The molecule has 0 spiro atoms. The molecule has 0 aromatic heterocycles. The highest BCUT2D eigenvalue weighted by molar-refractivity contribution is 5.75. The van der Waals surface area contributed by atoms with E-state index in [0.717, 1.165) is 12.8 Å². The van der Waals surface area contributed by atoms with E-state index in [-0.39, 0.29) is 23.1 Å². The van der Waals surface area contributed by atoms with E-state index in [0.29, 0.717) is 6.42 Å². The van der Waals surface area contributed by atoms with Crippen molar-refractivity contribution in [1.29, 1.82) is 0 Å². The minimum Gasteiger partial charge on any atom is -0.481 e. The molecule has 0 amide bonds. The SMILES string of the molecule is CCCCC(=O)O.[Mg]. The third-order valence-electron chi connectivity index (χ3n) is 0.744. The Labute approximate surface area is 65.4 Å². The molecule has 3 heteroatoms. The number of carbonyl (C=O) groups is 1. The average molecular weight is 126 g/mol. The monoisotopic (exact) mass is 126 g/mol. The van der Waals surface area contributed by atoms with E-state index >= 15 is 0 Å². The van der Waals surface area contributed by atoms with E-state index in [1.807, 2.05) is 6.92 Å². The van der Waals surface area contributed by atoms with Crippen LogP contribution in [0.1, 0.15) is 26.2 Å². The lowest BCUT2D eigenvalue weighted by molar-refractivity contribution is -0.137. The standard InChI is InChI=1S/C5H10O2.Mg/c1-2-3-4-5(6)7;/h2-4H2,1H3,(H,6,7);. The van der Waals surface area contributed by atoms with Gasteiger partial charge in [-0.3, -0.25) is 4.79 Å². The van der Waals surface area contributed by atoms with Crippen LogP contribution >= 0.6 is 0 Å². The molecular formula is C5H10MgO2. The quantitative estimate of drug-likeness (QED) is 0.570. The van der Waals surface area contributed by atoms with Gasteiger partial charge in [-0.25, -0.2) is 0 Å². The van der Waals surface area contributed by atoms with Crippen molar-refractivity contribution in [2.24, 2.45) is 0 Å². The fourth-order valence-electron chi connectivity index (χ4n) is 0.328. The third-order valence-corrected chi connectivity index (χ3v) is 0.744. The molecule has 0 atom stereocenters. The number of hydrogen-bond donors (Lipinski definition) is 1. The maximum Gasteiger partial charge on any atom is 0.303 e. The summed E-state index contributed by atoms with van der Waals surface area (Å²) < 4.78 is 0. The van der Waals surface area contributed by atoms with E-state index in [1.54, 1.807) is 0 Å². The molecule has 0 aliphatic heterocycles. The van der Waals surface area contributed by atoms with Crippen molar-refractivity contribution in [3.8, 4) is 0 Å². The Kier molecular flexibility index (Phi) is 10.0. The third kappa shape index (κ3) is 9.53. The summed E-state index contributed by atoms with van der Waals surface area (Å²) >= 11 is 0. The van der Waals surface area contributed by atoms with Crippen LogP contribution in [-0.4, -0.2) is 34.1 Å². The molecule has 2 nitrogen and oxygen atoms in total. The van der Waals surface area contributed by atoms with E-state index in [9.17, 15) is 4.79 Å². The van der Waals surface area contributed by atoms with Crippen LogP contribution in [0.5, 0.6) is 0 Å². The molecule has 0 aliphatic rings. The van der Waals surface area contributed by atoms with Crippen LogP contribution in [0.15, 0.2) is 0 Å². The van der Waals surface area contributed by atoms with Gasteiger partial charge in [0.1, 0.15) is 0 Å². The van der Waals surface area contributed by atoms with Gasteiger partial charge in [0.2, 0.25) is 0 Å². The highest BCUT2D eigenvalue weighted by Crippen LogP contribution is 1.91. The zero-order chi connectivity index (χ0) is 5.70. The molecule has 44 valence electrons. The zero-order valence-corrected chi connectivity index (χ0v) is 6.60. The van der Waals surface area contributed by atoms with E-state index in [1.165, 1.54) is 0 Å². The minimum absolute atomic E-state index is 0. The summed E-state index contributed by atoms with van der Waals surface area (Å²) in [4.78, 5) is 9.76. The Hall–Kier alpha value is 0.236. The summed E-state index contributed by atoms with van der Waals surface area (Å²) in [5.74, 6) is -0.693. The van der Waals surface area contributed by atoms with E-state index in [4.69, 9.17) is 5.11 Å². The molecule has 0 saturated heterocycles. The lowest BCUT2D eigenvalue weighted by atomic mass is 10.3. The first-order valence-corrected chi connectivity index (χ1v) is 2.49. The Morgan fingerprint density at radius 2 is 2.12 bits per heavy atom. The summed E-state index contributed by atoms with van der Waals surface area (Å²) in [6.45, 7) is 1.98. The van der Waals surface area contributed by atoms with Crippen LogP contribution < -0.4 is 0 Å². The first kappa shape index (κ1) is 11.1. The van der Waals surface area contributed by atoms with Gasteiger partial charge < -0.3 is 5.11 Å². The number of aliphatic carboxylic acids is 1. The summed E-state index contributed by atoms with van der Waals surface area (Å²) in [5, 5.41) is 8.04. The summed E-state index contributed by atoms with van der Waals surface area (Å²) in [5.41, 5.74) is 0. The number of unbranched alkanes of at least 4 members (excludes halogenated alkanes) is 1. The van der Waals surface area contributed by atoms with Crippen LogP contribution in [0, 0.1) is 0 Å². The maximum atomic E-state index is 9.76. The molecule has 0 bridgehead atoms. The number of rotatable bonds is 3. The highest BCUT2D eigenvalue weighted by atomic mass is 24.3. The summed E-state index contributed by atoms with van der Waals surface area (Å²) in [7, 11) is 0. The van der Waals surface area contributed by atoms with Crippen LogP contribution in [0.3, 0.4) is 0 Å². The van der Waals surface area contributed by atoms with Gasteiger partial charge in [0.15, 0.2) is 0 Å². The smallest absolute Gasteiger partial charge is 0.303 e. The van der Waals surface area contributed by atoms with Gasteiger partial charge in [-0.2, -0.15) is 0 Å². The van der Waals surface area contributed by atoms with Gasteiger partial charge >= 0.3 is 5.97 Å². The average Bonchev–Trinajstić information content (AvgIpc) is 1.61. The van der Waals surface area contributed by atoms with Crippen molar-refractivity contribution in [3.05, 3.63) is 0 Å². The second-order valence-electron chi connectivity index (χ2n) is 1.50. The van der Waals surface area contributed by atoms with Crippen molar-refractivity contribution in [2.45, 2.75) is 26.2 Å². The first-order valence-electron chi connectivity index (χ1n) is 2.49. The van der Waals surface area contributed by atoms with Crippen molar-refractivity contribution in [3.63, 3.8) is 0 Å². The maximum absolute atomic E-state index is 9.76. The second kappa shape index (κ2) is 7.24. The largest absolute Gasteiger partial charge is 0.481 e. The van der Waals surface area contributed by atoms with Gasteiger partial charge in [0.05, 0.1) is 0 Å². The zero-order valence-electron chi connectivity index (χ0n) is 5.18. The number of carboxylic acids is 1. The van der Waals surface area contributed by atoms with Gasteiger partial charge in [-0.1, -0.05) is 13.3 Å². The van der Waals surface area contributed by atoms with Gasteiger partial charge in [-0.15, -0.1) is 0 Å². The minimum atomic E-state index is -0.693. The molecule has 0 unspecified atom stereocenters. The molecule has 0 aromatic carbocycles. The molecule has 8 heavy (non-hydrogen) atoms. The van der Waals surface area contributed by atoms with Crippen molar-refractivity contribution in [1.82, 2.24) is 0 Å². The highest BCUT2D eigenvalue weighted by Gasteiger charge is 1.90. The molecule has 0 aromatic rings. The number of carboxylic acid groups (broad SMARTS) is 1. The molecule has 0 heterocycles. The van der Waals surface area contributed by atoms with Gasteiger partial charge in [0.25, 0.3) is 0 Å². The fourth-order valence-corrected chi connectivity index (χ4v) is 0.328. The lowest BCUT2D eigenvalue weighted by Gasteiger charge is -1.85. The van der Waals surface area contributed by atoms with E-state index < -0.39 is 5.97 Å². The number of hydrogen-bond acceptors (Lipinski definition) is 1. The molecule has 2 radical (unpaired) electrons. The predicted molar refractivity (Wildman–Crippen MR) is 32.9 cm³/mol. The van der Waals surface area contributed by atoms with E-state index in [2.05, 4.69) is 0 Å². The normalized spacial score (nSPS) is 7.62. The molecule has 0 fully saturated rings. The van der Waals surface area contributed by atoms with Gasteiger partial charge in [0, 0.05) is 29.5 Å². The molecule has 1 N–H and O–H groups in total. The van der Waals surface area contributed by atoms with Crippen molar-refractivity contribution >= 4 is 29.0 Å². The molecule has 0 saturated carbocycles. The second-order valence-corrected chi connectivity index (χ2v) is 1.50.